The summed E-state index contributed by atoms with van der Waals surface area (Å²) in [5, 5.41) is 0. The molecule has 3 rings (SSSR count). The van der Waals surface area contributed by atoms with E-state index < -0.39 is 0 Å². The Morgan fingerprint density at radius 2 is 1.90 bits per heavy atom. The second-order valence-electron chi connectivity index (χ2n) is 6.91. The van der Waals surface area contributed by atoms with Gasteiger partial charge in [0.25, 0.3) is 0 Å². The zero-order chi connectivity index (χ0) is 13.9. The predicted molar refractivity (Wildman–Crippen MR) is 85.2 cm³/mol. The number of nitrogens with zero attached hydrogens (tertiary/aromatic N) is 2. The van der Waals surface area contributed by atoms with Gasteiger partial charge in [0.1, 0.15) is 0 Å². The lowest BCUT2D eigenvalue weighted by atomic mass is 9.96. The Morgan fingerprint density at radius 3 is 2.65 bits per heavy atom. The van der Waals surface area contributed by atoms with Gasteiger partial charge >= 0.3 is 0 Å². The molecule has 2 nitrogen and oxygen atoms in total. The van der Waals surface area contributed by atoms with Crippen molar-refractivity contribution in [3.8, 4) is 0 Å². The Balaban J connectivity index is 1.52. The zero-order valence-electron chi connectivity index (χ0n) is 13.0. The van der Waals surface area contributed by atoms with Crippen LogP contribution in [0.4, 0.5) is 0 Å². The molecular weight excluding hydrogens is 244 g/mol. The Kier molecular flexibility index (Phi) is 4.42. The quantitative estimate of drug-likeness (QED) is 0.834. The van der Waals surface area contributed by atoms with Gasteiger partial charge in [-0.2, -0.15) is 0 Å². The zero-order valence-corrected chi connectivity index (χ0v) is 13.0. The van der Waals surface area contributed by atoms with Gasteiger partial charge in [0.05, 0.1) is 0 Å². The minimum atomic E-state index is 0.765. The molecule has 2 heterocycles. The van der Waals surface area contributed by atoms with Gasteiger partial charge in [-0.1, -0.05) is 29.8 Å². The van der Waals surface area contributed by atoms with Crippen LogP contribution in [0.3, 0.4) is 0 Å². The van der Waals surface area contributed by atoms with E-state index in [2.05, 4.69) is 48.0 Å². The lowest BCUT2D eigenvalue weighted by Gasteiger charge is -2.31. The van der Waals surface area contributed by atoms with Gasteiger partial charge in [-0.3, -0.25) is 0 Å². The fourth-order valence-corrected chi connectivity index (χ4v) is 3.80. The van der Waals surface area contributed by atoms with E-state index in [4.69, 9.17) is 0 Å². The Bertz CT molecular complexity index is 435. The molecule has 20 heavy (non-hydrogen) atoms. The van der Waals surface area contributed by atoms with Crippen molar-refractivity contribution in [1.82, 2.24) is 9.80 Å². The molecule has 1 unspecified atom stereocenters. The molecule has 0 radical (unpaired) electrons. The maximum absolute atomic E-state index is 2.71. The van der Waals surface area contributed by atoms with Crippen molar-refractivity contribution in [2.75, 3.05) is 39.8 Å². The van der Waals surface area contributed by atoms with E-state index in [9.17, 15) is 0 Å². The molecule has 2 saturated heterocycles. The third kappa shape index (κ3) is 3.42. The molecule has 2 heteroatoms. The maximum atomic E-state index is 2.71. The molecule has 2 fully saturated rings. The molecule has 2 aliphatic rings. The maximum Gasteiger partial charge on any atom is 0.00509 e. The van der Waals surface area contributed by atoms with Crippen molar-refractivity contribution < 1.29 is 0 Å². The fraction of sp³-hybridized carbons (Fsp3) is 0.667. The summed E-state index contributed by atoms with van der Waals surface area (Å²) in [7, 11) is 2.25. The number of likely N-dealkylation sites (tertiary alicyclic amines) is 2. The summed E-state index contributed by atoms with van der Waals surface area (Å²) >= 11 is 0. The topological polar surface area (TPSA) is 6.48 Å². The van der Waals surface area contributed by atoms with Crippen LogP contribution in [0.25, 0.3) is 0 Å². The van der Waals surface area contributed by atoms with Crippen molar-refractivity contribution in [3.63, 3.8) is 0 Å². The monoisotopic (exact) mass is 272 g/mol. The van der Waals surface area contributed by atoms with Crippen molar-refractivity contribution >= 4 is 0 Å². The normalized spacial score (nSPS) is 26.2. The molecule has 0 spiro atoms. The van der Waals surface area contributed by atoms with Gasteiger partial charge in [-0.05, 0) is 70.3 Å². The molecule has 1 aromatic carbocycles. The number of rotatable bonds is 3. The van der Waals surface area contributed by atoms with E-state index in [0.29, 0.717) is 0 Å². The summed E-state index contributed by atoms with van der Waals surface area (Å²) in [6, 6.07) is 9.11. The van der Waals surface area contributed by atoms with Gasteiger partial charge < -0.3 is 9.80 Å². The molecule has 0 aromatic heterocycles. The van der Waals surface area contributed by atoms with Crippen LogP contribution in [-0.4, -0.2) is 49.6 Å². The minimum absolute atomic E-state index is 0.765. The highest BCUT2D eigenvalue weighted by Gasteiger charge is 2.26. The first-order chi connectivity index (χ1) is 9.70. The second-order valence-corrected chi connectivity index (χ2v) is 6.91. The summed E-state index contributed by atoms with van der Waals surface area (Å²) in [6.07, 6.45) is 4.13. The molecule has 2 aliphatic heterocycles. The van der Waals surface area contributed by atoms with Crippen LogP contribution in [0.15, 0.2) is 24.3 Å². The summed E-state index contributed by atoms with van der Waals surface area (Å²) in [5.74, 6) is 1.70. The molecule has 0 saturated carbocycles. The Labute approximate surface area is 123 Å². The third-order valence-corrected chi connectivity index (χ3v) is 5.14. The molecule has 0 amide bonds. The first-order valence-electron chi connectivity index (χ1n) is 8.18. The average Bonchev–Trinajstić information content (AvgIpc) is 2.90. The number of aryl methyl sites for hydroxylation is 1. The molecular formula is C18H28N2. The van der Waals surface area contributed by atoms with Gasteiger partial charge in [0.15, 0.2) is 0 Å². The second kappa shape index (κ2) is 6.28. The van der Waals surface area contributed by atoms with Gasteiger partial charge in [-0.25, -0.2) is 0 Å². The first kappa shape index (κ1) is 14.1. The summed E-state index contributed by atoms with van der Waals surface area (Å²) in [5.41, 5.74) is 2.95. The summed E-state index contributed by atoms with van der Waals surface area (Å²) in [6.45, 7) is 8.69. The van der Waals surface area contributed by atoms with Gasteiger partial charge in [-0.15, -0.1) is 0 Å². The molecule has 0 N–H and O–H groups in total. The fourth-order valence-electron chi connectivity index (χ4n) is 3.80. The van der Waals surface area contributed by atoms with E-state index in [1.54, 1.807) is 5.56 Å². The van der Waals surface area contributed by atoms with Crippen molar-refractivity contribution in [2.45, 2.75) is 32.1 Å². The average molecular weight is 272 g/mol. The number of piperidine rings is 1. The minimum Gasteiger partial charge on any atom is -0.306 e. The summed E-state index contributed by atoms with van der Waals surface area (Å²) in [4.78, 5) is 5.18. The third-order valence-electron chi connectivity index (χ3n) is 5.14. The lowest BCUT2D eigenvalue weighted by molar-refractivity contribution is 0.175. The highest BCUT2D eigenvalue weighted by Crippen LogP contribution is 2.29. The number of hydrogen-bond acceptors (Lipinski definition) is 2. The largest absolute Gasteiger partial charge is 0.306 e. The molecule has 0 aliphatic carbocycles. The highest BCUT2D eigenvalue weighted by molar-refractivity contribution is 5.26. The van der Waals surface area contributed by atoms with Crippen LogP contribution in [0.2, 0.25) is 0 Å². The van der Waals surface area contributed by atoms with Crippen LogP contribution in [0.5, 0.6) is 0 Å². The van der Waals surface area contributed by atoms with Crippen LogP contribution in [0.1, 0.15) is 36.3 Å². The van der Waals surface area contributed by atoms with Crippen LogP contribution in [-0.2, 0) is 0 Å². The van der Waals surface area contributed by atoms with Gasteiger partial charge in [0, 0.05) is 13.1 Å². The SMILES string of the molecule is Cc1cccc(C2CCN(CC3CCN(C)CC3)C2)c1. The molecule has 1 aromatic rings. The highest BCUT2D eigenvalue weighted by atomic mass is 15.2. The molecule has 0 bridgehead atoms. The van der Waals surface area contributed by atoms with E-state index in [0.717, 1.165) is 11.8 Å². The smallest absolute Gasteiger partial charge is 0.00509 e. The Hall–Kier alpha value is -0.860. The van der Waals surface area contributed by atoms with Crippen molar-refractivity contribution in [1.29, 1.82) is 0 Å². The van der Waals surface area contributed by atoms with E-state index >= 15 is 0 Å². The van der Waals surface area contributed by atoms with Gasteiger partial charge in [0.2, 0.25) is 0 Å². The van der Waals surface area contributed by atoms with Crippen LogP contribution in [0, 0.1) is 12.8 Å². The molecule has 110 valence electrons. The van der Waals surface area contributed by atoms with E-state index in [1.807, 2.05) is 0 Å². The predicted octanol–water partition coefficient (Wildman–Crippen LogP) is 3.13. The van der Waals surface area contributed by atoms with E-state index in [1.165, 1.54) is 57.5 Å². The first-order valence-corrected chi connectivity index (χ1v) is 8.18. The number of hydrogen-bond donors (Lipinski definition) is 0. The standard InChI is InChI=1S/C18H28N2/c1-15-4-3-5-17(12-15)18-8-11-20(14-18)13-16-6-9-19(2)10-7-16/h3-5,12,16,18H,6-11,13-14H2,1-2H3. The van der Waals surface area contributed by atoms with E-state index in [-0.39, 0.29) is 0 Å². The van der Waals surface area contributed by atoms with Crippen molar-refractivity contribution in [2.24, 2.45) is 5.92 Å². The van der Waals surface area contributed by atoms with Crippen LogP contribution >= 0.6 is 0 Å². The van der Waals surface area contributed by atoms with Crippen molar-refractivity contribution in [3.05, 3.63) is 35.4 Å². The number of benzene rings is 1. The summed E-state index contributed by atoms with van der Waals surface area (Å²) < 4.78 is 0. The van der Waals surface area contributed by atoms with Crippen LogP contribution < -0.4 is 0 Å². The lowest BCUT2D eigenvalue weighted by Crippen LogP contribution is -2.36. The molecule has 1 atom stereocenters. The Morgan fingerprint density at radius 1 is 1.10 bits per heavy atom.